The quantitative estimate of drug-likeness (QED) is 0.569. The molecule has 1 aromatic carbocycles. The van der Waals surface area contributed by atoms with Crippen molar-refractivity contribution in [3.05, 3.63) is 42.0 Å². The third-order valence-corrected chi connectivity index (χ3v) is 2.23. The Labute approximate surface area is 107 Å². The standard InChI is InChI=1S/C14H18O4/c1-2-3-8-17-9-5-10-18-13-7-4-6-12(11-13)14(15)16/h2-4,6-7,11H,5,8-10H2,1H3,(H,15,16). The zero-order valence-electron chi connectivity index (χ0n) is 10.5. The Kier molecular flexibility index (Phi) is 6.58. The van der Waals surface area contributed by atoms with Crippen molar-refractivity contribution in [2.75, 3.05) is 19.8 Å². The molecule has 1 rings (SSSR count). The summed E-state index contributed by atoms with van der Waals surface area (Å²) in [7, 11) is 0. The number of hydrogen-bond acceptors (Lipinski definition) is 3. The van der Waals surface area contributed by atoms with Gasteiger partial charge >= 0.3 is 5.97 Å². The van der Waals surface area contributed by atoms with Gasteiger partial charge in [0.2, 0.25) is 0 Å². The molecule has 0 fully saturated rings. The summed E-state index contributed by atoms with van der Waals surface area (Å²) in [5.74, 6) is -0.376. The first-order valence-corrected chi connectivity index (χ1v) is 5.89. The van der Waals surface area contributed by atoms with Gasteiger partial charge < -0.3 is 14.6 Å². The average molecular weight is 250 g/mol. The van der Waals surface area contributed by atoms with Crippen LogP contribution in [0.25, 0.3) is 0 Å². The summed E-state index contributed by atoms with van der Waals surface area (Å²) in [6.07, 6.45) is 4.65. The molecule has 4 heteroatoms. The minimum atomic E-state index is -0.949. The molecule has 98 valence electrons. The van der Waals surface area contributed by atoms with Crippen molar-refractivity contribution in [2.45, 2.75) is 13.3 Å². The number of rotatable bonds is 8. The number of benzene rings is 1. The van der Waals surface area contributed by atoms with Gasteiger partial charge in [0.15, 0.2) is 0 Å². The van der Waals surface area contributed by atoms with Crippen molar-refractivity contribution in [1.29, 1.82) is 0 Å². The highest BCUT2D eigenvalue weighted by Gasteiger charge is 2.03. The van der Waals surface area contributed by atoms with E-state index in [9.17, 15) is 4.79 Å². The summed E-state index contributed by atoms with van der Waals surface area (Å²) in [6, 6.07) is 6.47. The second-order valence-electron chi connectivity index (χ2n) is 3.68. The van der Waals surface area contributed by atoms with E-state index in [4.69, 9.17) is 14.6 Å². The smallest absolute Gasteiger partial charge is 0.335 e. The molecular weight excluding hydrogens is 232 g/mol. The molecule has 0 unspecified atom stereocenters. The fraction of sp³-hybridized carbons (Fsp3) is 0.357. The van der Waals surface area contributed by atoms with Crippen molar-refractivity contribution >= 4 is 5.97 Å². The van der Waals surface area contributed by atoms with E-state index in [0.29, 0.717) is 25.6 Å². The van der Waals surface area contributed by atoms with Gasteiger partial charge in [-0.1, -0.05) is 18.2 Å². The Morgan fingerprint density at radius 1 is 1.39 bits per heavy atom. The average Bonchev–Trinajstić information content (AvgIpc) is 2.38. The van der Waals surface area contributed by atoms with Crippen LogP contribution in [0.4, 0.5) is 0 Å². The van der Waals surface area contributed by atoms with Crippen molar-refractivity contribution in [2.24, 2.45) is 0 Å². The Bertz CT molecular complexity index is 399. The van der Waals surface area contributed by atoms with Crippen LogP contribution in [0.1, 0.15) is 23.7 Å². The van der Waals surface area contributed by atoms with Crippen LogP contribution in [0.3, 0.4) is 0 Å². The molecule has 0 spiro atoms. The molecule has 0 saturated carbocycles. The third-order valence-electron chi connectivity index (χ3n) is 2.23. The van der Waals surface area contributed by atoms with Gasteiger partial charge in [0.25, 0.3) is 0 Å². The lowest BCUT2D eigenvalue weighted by Gasteiger charge is -2.06. The Hall–Kier alpha value is -1.81. The molecule has 18 heavy (non-hydrogen) atoms. The maximum absolute atomic E-state index is 10.7. The van der Waals surface area contributed by atoms with Gasteiger partial charge in [-0.25, -0.2) is 4.79 Å². The highest BCUT2D eigenvalue weighted by molar-refractivity contribution is 5.87. The van der Waals surface area contributed by atoms with Crippen LogP contribution in [0.15, 0.2) is 36.4 Å². The van der Waals surface area contributed by atoms with Gasteiger partial charge in [0, 0.05) is 6.42 Å². The van der Waals surface area contributed by atoms with Crippen molar-refractivity contribution in [1.82, 2.24) is 0 Å². The van der Waals surface area contributed by atoms with Crippen molar-refractivity contribution < 1.29 is 19.4 Å². The zero-order chi connectivity index (χ0) is 13.2. The maximum Gasteiger partial charge on any atom is 0.335 e. The highest BCUT2D eigenvalue weighted by Crippen LogP contribution is 2.13. The normalized spacial score (nSPS) is 10.7. The SMILES string of the molecule is CC=CCOCCCOc1cccc(C(=O)O)c1. The predicted molar refractivity (Wildman–Crippen MR) is 69.1 cm³/mol. The summed E-state index contributed by atoms with van der Waals surface area (Å²) < 4.78 is 10.8. The zero-order valence-corrected chi connectivity index (χ0v) is 10.5. The molecule has 1 N–H and O–H groups in total. The summed E-state index contributed by atoms with van der Waals surface area (Å²) >= 11 is 0. The number of allylic oxidation sites excluding steroid dienone is 1. The van der Waals surface area contributed by atoms with E-state index in [-0.39, 0.29) is 5.56 Å². The highest BCUT2D eigenvalue weighted by atomic mass is 16.5. The van der Waals surface area contributed by atoms with Gasteiger partial charge in [0.1, 0.15) is 5.75 Å². The topological polar surface area (TPSA) is 55.8 Å². The lowest BCUT2D eigenvalue weighted by Crippen LogP contribution is -2.04. The van der Waals surface area contributed by atoms with Gasteiger partial charge in [-0.15, -0.1) is 0 Å². The van der Waals surface area contributed by atoms with Crippen molar-refractivity contribution in [3.8, 4) is 5.75 Å². The summed E-state index contributed by atoms with van der Waals surface area (Å²) in [5, 5.41) is 8.82. The Morgan fingerprint density at radius 2 is 2.22 bits per heavy atom. The van der Waals surface area contributed by atoms with Crippen LogP contribution in [0.5, 0.6) is 5.75 Å². The van der Waals surface area contributed by atoms with Crippen LogP contribution in [0, 0.1) is 0 Å². The molecule has 4 nitrogen and oxygen atoms in total. The maximum atomic E-state index is 10.7. The molecular formula is C14H18O4. The fourth-order valence-corrected chi connectivity index (χ4v) is 1.32. The minimum Gasteiger partial charge on any atom is -0.493 e. The largest absolute Gasteiger partial charge is 0.493 e. The molecule has 0 amide bonds. The van der Waals surface area contributed by atoms with E-state index in [0.717, 1.165) is 6.42 Å². The van der Waals surface area contributed by atoms with Gasteiger partial charge in [-0.2, -0.15) is 0 Å². The van der Waals surface area contributed by atoms with Gasteiger partial charge in [0.05, 0.1) is 25.4 Å². The third kappa shape index (κ3) is 5.50. The predicted octanol–water partition coefficient (Wildman–Crippen LogP) is 2.75. The number of hydrogen-bond donors (Lipinski definition) is 1. The van der Waals surface area contributed by atoms with Gasteiger partial charge in [-0.3, -0.25) is 0 Å². The summed E-state index contributed by atoms with van der Waals surface area (Å²) in [4.78, 5) is 10.7. The van der Waals surface area contributed by atoms with E-state index in [1.807, 2.05) is 19.1 Å². The molecule has 0 atom stereocenters. The molecule has 1 aromatic rings. The molecule has 0 aliphatic carbocycles. The van der Waals surface area contributed by atoms with Gasteiger partial charge in [-0.05, 0) is 25.1 Å². The molecule has 0 aliphatic heterocycles. The van der Waals surface area contributed by atoms with Crippen LogP contribution < -0.4 is 4.74 Å². The first kappa shape index (κ1) is 14.3. The number of aromatic carboxylic acids is 1. The second-order valence-corrected chi connectivity index (χ2v) is 3.68. The number of carboxylic acid groups (broad SMARTS) is 1. The van der Waals surface area contributed by atoms with Crippen LogP contribution in [0.2, 0.25) is 0 Å². The molecule has 0 radical (unpaired) electrons. The van der Waals surface area contributed by atoms with Crippen LogP contribution in [-0.4, -0.2) is 30.9 Å². The minimum absolute atomic E-state index is 0.233. The Balaban J connectivity index is 2.23. The van der Waals surface area contributed by atoms with Crippen LogP contribution >= 0.6 is 0 Å². The number of carbonyl (C=O) groups is 1. The summed E-state index contributed by atoms with van der Waals surface area (Å²) in [6.45, 7) is 3.70. The van der Waals surface area contributed by atoms with E-state index >= 15 is 0 Å². The number of carboxylic acids is 1. The summed E-state index contributed by atoms with van der Waals surface area (Å²) in [5.41, 5.74) is 0.233. The van der Waals surface area contributed by atoms with E-state index in [2.05, 4.69) is 0 Å². The van der Waals surface area contributed by atoms with Crippen LogP contribution in [-0.2, 0) is 4.74 Å². The number of ether oxygens (including phenoxy) is 2. The molecule has 0 heterocycles. The molecule has 0 aromatic heterocycles. The monoisotopic (exact) mass is 250 g/mol. The van der Waals surface area contributed by atoms with E-state index < -0.39 is 5.97 Å². The molecule has 0 saturated heterocycles. The fourth-order valence-electron chi connectivity index (χ4n) is 1.32. The first-order valence-electron chi connectivity index (χ1n) is 5.89. The Morgan fingerprint density at radius 3 is 2.94 bits per heavy atom. The van der Waals surface area contributed by atoms with E-state index in [1.54, 1.807) is 12.1 Å². The second kappa shape index (κ2) is 8.31. The molecule has 0 aliphatic rings. The van der Waals surface area contributed by atoms with Crippen molar-refractivity contribution in [3.63, 3.8) is 0 Å². The first-order chi connectivity index (χ1) is 8.74. The lowest BCUT2D eigenvalue weighted by atomic mass is 10.2. The van der Waals surface area contributed by atoms with E-state index in [1.165, 1.54) is 12.1 Å². The molecule has 0 bridgehead atoms. The lowest BCUT2D eigenvalue weighted by molar-refractivity contribution is 0.0696.